The lowest BCUT2D eigenvalue weighted by Gasteiger charge is -2.32. The maximum Gasteiger partial charge on any atom is 0.267 e. The summed E-state index contributed by atoms with van der Waals surface area (Å²) in [4.78, 5) is 25.6. The van der Waals surface area contributed by atoms with Crippen molar-refractivity contribution in [3.8, 4) is 0 Å². The van der Waals surface area contributed by atoms with Gasteiger partial charge < -0.3 is 4.90 Å². The number of hydroxylamine groups is 1. The molecule has 0 bridgehead atoms. The van der Waals surface area contributed by atoms with Gasteiger partial charge in [-0.3, -0.25) is 14.8 Å². The van der Waals surface area contributed by atoms with E-state index in [9.17, 15) is 9.59 Å². The average molecular weight is 376 g/mol. The highest BCUT2D eigenvalue weighted by molar-refractivity contribution is 5.92. The average Bonchev–Trinajstić information content (AvgIpc) is 2.76. The van der Waals surface area contributed by atoms with E-state index in [4.69, 9.17) is 5.21 Å². The first-order chi connectivity index (χ1) is 13.7. The lowest BCUT2D eigenvalue weighted by molar-refractivity contribution is -0.127. The van der Waals surface area contributed by atoms with E-state index in [1.54, 1.807) is 23.7 Å². The van der Waals surface area contributed by atoms with E-state index in [0.717, 1.165) is 37.1 Å². The van der Waals surface area contributed by atoms with E-state index in [0.29, 0.717) is 5.92 Å². The van der Waals surface area contributed by atoms with Crippen LogP contribution in [0.15, 0.2) is 66.7 Å². The monoisotopic (exact) mass is 376 g/mol. The zero-order valence-corrected chi connectivity index (χ0v) is 15.6. The van der Waals surface area contributed by atoms with Gasteiger partial charge in [0.1, 0.15) is 0 Å². The molecule has 5 heteroatoms. The predicted octanol–water partition coefficient (Wildman–Crippen LogP) is 3.62. The molecule has 28 heavy (non-hydrogen) atoms. The summed E-state index contributed by atoms with van der Waals surface area (Å²) in [6.45, 7) is 1.53. The molecule has 0 aromatic heterocycles. The molecule has 2 aromatic rings. The van der Waals surface area contributed by atoms with Gasteiger partial charge in [0.25, 0.3) is 5.91 Å². The Hall–Kier alpha value is -3.18. The van der Waals surface area contributed by atoms with E-state index in [1.165, 1.54) is 11.6 Å². The SMILES string of the molecule is O=C(C=Cc1cccc(C=CC(=O)N2CCC[C@H](c3ccccc3)C2)c1)NO. The van der Waals surface area contributed by atoms with E-state index >= 15 is 0 Å². The number of likely N-dealkylation sites (tertiary alicyclic amines) is 1. The Morgan fingerprint density at radius 3 is 2.43 bits per heavy atom. The second-order valence-corrected chi connectivity index (χ2v) is 6.85. The molecule has 1 atom stereocenters. The molecular weight excluding hydrogens is 352 g/mol. The number of nitrogens with zero attached hydrogens (tertiary/aromatic N) is 1. The molecule has 2 N–H and O–H groups in total. The molecule has 1 saturated heterocycles. The van der Waals surface area contributed by atoms with E-state index in [1.807, 2.05) is 47.4 Å². The van der Waals surface area contributed by atoms with Gasteiger partial charge in [0.2, 0.25) is 5.91 Å². The molecule has 2 aromatic carbocycles. The van der Waals surface area contributed by atoms with Gasteiger partial charge in [-0.15, -0.1) is 0 Å². The summed E-state index contributed by atoms with van der Waals surface area (Å²) >= 11 is 0. The molecule has 2 amide bonds. The molecule has 0 aliphatic carbocycles. The van der Waals surface area contributed by atoms with Crippen LogP contribution in [0, 0.1) is 0 Å². The van der Waals surface area contributed by atoms with Crippen molar-refractivity contribution >= 4 is 24.0 Å². The summed E-state index contributed by atoms with van der Waals surface area (Å²) in [6.07, 6.45) is 8.35. The molecule has 144 valence electrons. The fourth-order valence-electron chi connectivity index (χ4n) is 3.42. The van der Waals surface area contributed by atoms with Crippen LogP contribution in [-0.4, -0.2) is 35.0 Å². The molecular formula is C23H24N2O3. The van der Waals surface area contributed by atoms with Gasteiger partial charge in [-0.1, -0.05) is 48.5 Å². The van der Waals surface area contributed by atoms with Crippen LogP contribution < -0.4 is 5.48 Å². The van der Waals surface area contributed by atoms with E-state index in [2.05, 4.69) is 12.1 Å². The van der Waals surface area contributed by atoms with Crippen LogP contribution in [0.1, 0.15) is 35.4 Å². The van der Waals surface area contributed by atoms with Crippen molar-refractivity contribution in [2.24, 2.45) is 0 Å². The molecule has 1 aliphatic heterocycles. The lowest BCUT2D eigenvalue weighted by Crippen LogP contribution is -2.38. The van der Waals surface area contributed by atoms with E-state index < -0.39 is 5.91 Å². The number of hydrogen-bond acceptors (Lipinski definition) is 3. The highest BCUT2D eigenvalue weighted by atomic mass is 16.5. The van der Waals surface area contributed by atoms with Gasteiger partial charge in [-0.05, 0) is 47.8 Å². The van der Waals surface area contributed by atoms with Gasteiger partial charge in [0.05, 0.1) is 0 Å². The summed E-state index contributed by atoms with van der Waals surface area (Å²) in [6, 6.07) is 17.8. The summed E-state index contributed by atoms with van der Waals surface area (Å²) in [5.74, 6) is -0.186. The van der Waals surface area contributed by atoms with Gasteiger partial charge in [0.15, 0.2) is 0 Å². The molecule has 0 spiro atoms. The smallest absolute Gasteiger partial charge is 0.267 e. The predicted molar refractivity (Wildman–Crippen MR) is 109 cm³/mol. The zero-order chi connectivity index (χ0) is 19.8. The van der Waals surface area contributed by atoms with Gasteiger partial charge in [-0.2, -0.15) is 0 Å². The highest BCUT2D eigenvalue weighted by Crippen LogP contribution is 2.26. The molecule has 1 fully saturated rings. The molecule has 1 aliphatic rings. The van der Waals surface area contributed by atoms with Crippen LogP contribution in [0.4, 0.5) is 0 Å². The maximum atomic E-state index is 12.6. The van der Waals surface area contributed by atoms with Crippen molar-refractivity contribution in [1.29, 1.82) is 0 Å². The molecule has 1 heterocycles. The number of carbonyl (C=O) groups is 2. The number of nitrogens with one attached hydrogen (secondary N) is 1. The third-order valence-electron chi connectivity index (χ3n) is 4.87. The summed E-state index contributed by atoms with van der Waals surface area (Å²) in [7, 11) is 0. The molecule has 0 radical (unpaired) electrons. The van der Waals surface area contributed by atoms with Crippen molar-refractivity contribution in [3.05, 3.63) is 83.4 Å². The van der Waals surface area contributed by atoms with Crippen LogP contribution in [0.25, 0.3) is 12.2 Å². The summed E-state index contributed by atoms with van der Waals surface area (Å²) in [5.41, 5.74) is 4.52. The van der Waals surface area contributed by atoms with Gasteiger partial charge in [-0.25, -0.2) is 5.48 Å². The first-order valence-corrected chi connectivity index (χ1v) is 9.40. The molecule has 5 nitrogen and oxygen atoms in total. The first kappa shape index (κ1) is 19.6. The second kappa shape index (κ2) is 9.67. The second-order valence-electron chi connectivity index (χ2n) is 6.85. The van der Waals surface area contributed by atoms with E-state index in [-0.39, 0.29) is 5.91 Å². The number of benzene rings is 2. The zero-order valence-electron chi connectivity index (χ0n) is 15.6. The fraction of sp³-hybridized carbons (Fsp3) is 0.217. The molecule has 0 unspecified atom stereocenters. The van der Waals surface area contributed by atoms with Crippen molar-refractivity contribution in [2.75, 3.05) is 13.1 Å². The van der Waals surface area contributed by atoms with Crippen LogP contribution >= 0.6 is 0 Å². The highest BCUT2D eigenvalue weighted by Gasteiger charge is 2.23. The maximum absolute atomic E-state index is 12.6. The lowest BCUT2D eigenvalue weighted by atomic mass is 9.90. The Morgan fingerprint density at radius 2 is 1.71 bits per heavy atom. The number of piperidine rings is 1. The van der Waals surface area contributed by atoms with Gasteiger partial charge in [0, 0.05) is 31.2 Å². The van der Waals surface area contributed by atoms with Crippen molar-refractivity contribution in [2.45, 2.75) is 18.8 Å². The largest absolute Gasteiger partial charge is 0.339 e. The van der Waals surface area contributed by atoms with Crippen LogP contribution in [0.3, 0.4) is 0 Å². The summed E-state index contributed by atoms with van der Waals surface area (Å²) in [5, 5.41) is 8.52. The number of hydrogen-bond donors (Lipinski definition) is 2. The number of rotatable bonds is 5. The minimum absolute atomic E-state index is 0.0150. The van der Waals surface area contributed by atoms with Crippen LogP contribution in [0.5, 0.6) is 0 Å². The Morgan fingerprint density at radius 1 is 1.00 bits per heavy atom. The Kier molecular flexibility index (Phi) is 6.76. The first-order valence-electron chi connectivity index (χ1n) is 9.40. The number of amides is 2. The third-order valence-corrected chi connectivity index (χ3v) is 4.87. The normalized spacial score (nSPS) is 17.2. The molecule has 3 rings (SSSR count). The minimum Gasteiger partial charge on any atom is -0.339 e. The minimum atomic E-state index is -0.589. The Balaban J connectivity index is 1.63. The van der Waals surface area contributed by atoms with Crippen molar-refractivity contribution < 1.29 is 14.8 Å². The van der Waals surface area contributed by atoms with Gasteiger partial charge >= 0.3 is 0 Å². The standard InChI is InChI=1S/C23H24N2O3/c26-22(24-28)13-11-18-6-4-7-19(16-18)12-14-23(27)25-15-5-10-21(17-25)20-8-2-1-3-9-20/h1-4,6-9,11-14,16,21,28H,5,10,15,17H2,(H,24,26)/t21-/m0/s1. The summed E-state index contributed by atoms with van der Waals surface area (Å²) < 4.78 is 0. The fourth-order valence-corrected chi connectivity index (χ4v) is 3.42. The van der Waals surface area contributed by atoms with Crippen LogP contribution in [-0.2, 0) is 9.59 Å². The Bertz CT molecular complexity index is 874. The van der Waals surface area contributed by atoms with Crippen LogP contribution in [0.2, 0.25) is 0 Å². The van der Waals surface area contributed by atoms with Crippen molar-refractivity contribution in [3.63, 3.8) is 0 Å². The quantitative estimate of drug-likeness (QED) is 0.476. The Labute approximate surface area is 164 Å². The third kappa shape index (κ3) is 5.41. The topological polar surface area (TPSA) is 69.6 Å². The molecule has 0 saturated carbocycles. The van der Waals surface area contributed by atoms with Crippen molar-refractivity contribution in [1.82, 2.24) is 10.4 Å². The number of carbonyl (C=O) groups excluding carboxylic acids is 2.